The molecule has 0 aliphatic rings. The second-order valence-corrected chi connectivity index (χ2v) is 9.03. The van der Waals surface area contributed by atoms with Gasteiger partial charge in [0, 0.05) is 0 Å². The second kappa shape index (κ2) is 9.42. The van der Waals surface area contributed by atoms with E-state index in [1.165, 1.54) is 18.3 Å². The third-order valence-corrected chi connectivity index (χ3v) is 5.76. The first-order valence-electron chi connectivity index (χ1n) is 7.90. The highest BCUT2D eigenvalue weighted by Crippen LogP contribution is 2.36. The Labute approximate surface area is 185 Å². The molecule has 0 atom stereocenters. The summed E-state index contributed by atoms with van der Waals surface area (Å²) in [5.74, 6) is -0.912. The summed E-state index contributed by atoms with van der Waals surface area (Å²) in [6.45, 7) is -0.849. The number of hydrazone groups is 1. The number of amides is 1. The van der Waals surface area contributed by atoms with Crippen molar-refractivity contribution in [2.75, 3.05) is 17.1 Å². The maximum absolute atomic E-state index is 13.0. The van der Waals surface area contributed by atoms with Crippen LogP contribution in [0, 0.1) is 0 Å². The number of benzene rings is 2. The van der Waals surface area contributed by atoms with E-state index in [1.807, 2.05) is 0 Å². The maximum atomic E-state index is 13.0. The molecule has 30 heavy (non-hydrogen) atoms. The summed E-state index contributed by atoms with van der Waals surface area (Å²) in [7, 11) is -4.15. The van der Waals surface area contributed by atoms with Gasteiger partial charge in [0.15, 0.2) is 0 Å². The molecule has 0 aliphatic heterocycles. The molecule has 0 saturated carbocycles. The third kappa shape index (κ3) is 6.49. The molecular weight excluding hydrogens is 490 g/mol. The number of halogens is 6. The van der Waals surface area contributed by atoms with Crippen LogP contribution < -0.4 is 9.73 Å². The first kappa shape index (κ1) is 24.3. The average Bonchev–Trinajstić information content (AvgIpc) is 2.61. The van der Waals surface area contributed by atoms with Crippen LogP contribution in [0.5, 0.6) is 0 Å². The van der Waals surface area contributed by atoms with Gasteiger partial charge in [0.2, 0.25) is 10.0 Å². The van der Waals surface area contributed by atoms with E-state index >= 15 is 0 Å². The third-order valence-electron chi connectivity index (χ3n) is 3.58. The van der Waals surface area contributed by atoms with Gasteiger partial charge in [-0.1, -0.05) is 40.9 Å². The van der Waals surface area contributed by atoms with Gasteiger partial charge in [-0.25, -0.2) is 13.8 Å². The summed E-state index contributed by atoms with van der Waals surface area (Å²) in [4.78, 5) is 12.1. The Morgan fingerprint density at radius 1 is 1.10 bits per heavy atom. The number of carbonyl (C=O) groups excluding carboxylic acids is 1. The summed E-state index contributed by atoms with van der Waals surface area (Å²) >= 11 is 17.5. The monoisotopic (exact) mass is 501 g/mol. The van der Waals surface area contributed by atoms with Gasteiger partial charge < -0.3 is 0 Å². The number of carbonyl (C=O) groups is 1. The molecule has 2 aromatic carbocycles. The lowest BCUT2D eigenvalue weighted by Crippen LogP contribution is -2.39. The topological polar surface area (TPSA) is 78.8 Å². The second-order valence-electron chi connectivity index (χ2n) is 5.90. The molecule has 13 heteroatoms. The number of alkyl halides is 3. The van der Waals surface area contributed by atoms with E-state index in [0.717, 1.165) is 12.3 Å². The first-order valence-corrected chi connectivity index (χ1v) is 10.9. The van der Waals surface area contributed by atoms with Crippen LogP contribution in [-0.4, -0.2) is 33.3 Å². The predicted molar refractivity (Wildman–Crippen MR) is 111 cm³/mol. The zero-order valence-electron chi connectivity index (χ0n) is 15.0. The lowest BCUT2D eigenvalue weighted by Gasteiger charge is -2.23. The fourth-order valence-corrected chi connectivity index (χ4v) is 3.63. The normalized spacial score (nSPS) is 12.2. The molecule has 0 aromatic heterocycles. The van der Waals surface area contributed by atoms with Crippen LogP contribution in [0.15, 0.2) is 41.5 Å². The molecule has 2 rings (SSSR count). The minimum Gasteiger partial charge on any atom is -0.271 e. The van der Waals surface area contributed by atoms with E-state index < -0.39 is 39.9 Å². The molecule has 0 radical (unpaired) electrons. The molecule has 0 spiro atoms. The van der Waals surface area contributed by atoms with Crippen LogP contribution >= 0.6 is 34.8 Å². The fraction of sp³-hybridized carbons (Fsp3) is 0.176. The van der Waals surface area contributed by atoms with Gasteiger partial charge in [-0.3, -0.25) is 9.10 Å². The predicted octanol–water partition coefficient (Wildman–Crippen LogP) is 4.58. The van der Waals surface area contributed by atoms with Crippen molar-refractivity contribution in [3.63, 3.8) is 0 Å². The Balaban J connectivity index is 2.22. The van der Waals surface area contributed by atoms with E-state index in [0.29, 0.717) is 27.0 Å². The molecule has 162 valence electrons. The average molecular weight is 503 g/mol. The zero-order chi connectivity index (χ0) is 22.7. The number of hydrogen-bond donors (Lipinski definition) is 1. The minimum absolute atomic E-state index is 0.259. The lowest BCUT2D eigenvalue weighted by atomic mass is 10.2. The van der Waals surface area contributed by atoms with Gasteiger partial charge in [0.1, 0.15) is 6.54 Å². The van der Waals surface area contributed by atoms with Crippen molar-refractivity contribution >= 4 is 62.6 Å². The maximum Gasteiger partial charge on any atom is 0.416 e. The lowest BCUT2D eigenvalue weighted by molar-refractivity contribution is -0.137. The van der Waals surface area contributed by atoms with Crippen LogP contribution in [0.3, 0.4) is 0 Å². The molecule has 0 aliphatic carbocycles. The summed E-state index contributed by atoms with van der Waals surface area (Å²) < 4.78 is 63.6. The molecule has 1 amide bonds. The standard InChI is InChI=1S/C17H13Cl3F3N3O3S/c1-30(28,29)26(15-7-11(17(21,22)23)3-5-13(15)19)9-16(27)25-24-8-10-2-4-12(18)14(20)6-10/h2-8H,9H2,1H3,(H,25,27)/b24-8-. The summed E-state index contributed by atoms with van der Waals surface area (Å²) in [6, 6.07) is 6.70. The van der Waals surface area contributed by atoms with E-state index in [4.69, 9.17) is 34.8 Å². The van der Waals surface area contributed by atoms with Gasteiger partial charge in [-0.05, 0) is 35.9 Å². The summed E-state index contributed by atoms with van der Waals surface area (Å²) in [5.41, 5.74) is 0.971. The van der Waals surface area contributed by atoms with Gasteiger partial charge in [-0.2, -0.15) is 18.3 Å². The molecule has 0 bridgehead atoms. The Hall–Kier alpha value is -2.01. The summed E-state index contributed by atoms with van der Waals surface area (Å²) in [5, 5.41) is 3.96. The zero-order valence-corrected chi connectivity index (χ0v) is 18.1. The number of hydrogen-bond acceptors (Lipinski definition) is 4. The van der Waals surface area contributed by atoms with E-state index in [2.05, 4.69) is 10.5 Å². The number of nitrogens with zero attached hydrogens (tertiary/aromatic N) is 2. The first-order chi connectivity index (χ1) is 13.8. The van der Waals surface area contributed by atoms with E-state index in [9.17, 15) is 26.4 Å². The van der Waals surface area contributed by atoms with Crippen LogP contribution in [0.4, 0.5) is 18.9 Å². The Bertz CT molecular complexity index is 1090. The SMILES string of the molecule is CS(=O)(=O)N(CC(=O)N/N=C\c1ccc(Cl)c(Cl)c1)c1cc(C(F)(F)F)ccc1Cl. The molecule has 1 N–H and O–H groups in total. The van der Waals surface area contributed by atoms with E-state index in [-0.39, 0.29) is 10.0 Å². The highest BCUT2D eigenvalue weighted by Gasteiger charge is 2.33. The van der Waals surface area contributed by atoms with Gasteiger partial charge in [-0.15, -0.1) is 0 Å². The molecular formula is C17H13Cl3F3N3O3S. The number of nitrogens with one attached hydrogen (secondary N) is 1. The molecule has 2 aromatic rings. The van der Waals surface area contributed by atoms with Crippen LogP contribution in [0.1, 0.15) is 11.1 Å². The van der Waals surface area contributed by atoms with Gasteiger partial charge >= 0.3 is 6.18 Å². The number of anilines is 1. The molecule has 6 nitrogen and oxygen atoms in total. The fourth-order valence-electron chi connectivity index (χ4n) is 2.20. The Kier molecular flexibility index (Phi) is 7.62. The van der Waals surface area contributed by atoms with Crippen molar-refractivity contribution in [3.05, 3.63) is 62.6 Å². The van der Waals surface area contributed by atoms with E-state index in [1.54, 1.807) is 6.07 Å². The van der Waals surface area contributed by atoms with Gasteiger partial charge in [0.05, 0.1) is 38.8 Å². The van der Waals surface area contributed by atoms with Crippen LogP contribution in [0.2, 0.25) is 15.1 Å². The van der Waals surface area contributed by atoms with Crippen molar-refractivity contribution in [2.24, 2.45) is 5.10 Å². The summed E-state index contributed by atoms with van der Waals surface area (Å²) in [6.07, 6.45) is -2.77. The van der Waals surface area contributed by atoms with Crippen molar-refractivity contribution in [1.82, 2.24) is 5.43 Å². The quantitative estimate of drug-likeness (QED) is 0.464. The minimum atomic E-state index is -4.73. The highest BCUT2D eigenvalue weighted by molar-refractivity contribution is 7.92. The van der Waals surface area contributed by atoms with Crippen molar-refractivity contribution in [2.45, 2.75) is 6.18 Å². The van der Waals surface area contributed by atoms with Crippen LogP contribution in [0.25, 0.3) is 0 Å². The van der Waals surface area contributed by atoms with Gasteiger partial charge in [0.25, 0.3) is 5.91 Å². The Morgan fingerprint density at radius 3 is 2.30 bits per heavy atom. The molecule has 0 saturated heterocycles. The molecule has 0 fully saturated rings. The Morgan fingerprint density at radius 2 is 1.73 bits per heavy atom. The number of sulfonamides is 1. The molecule has 0 heterocycles. The largest absolute Gasteiger partial charge is 0.416 e. The molecule has 0 unspecified atom stereocenters. The highest BCUT2D eigenvalue weighted by atomic mass is 35.5. The van der Waals surface area contributed by atoms with Crippen molar-refractivity contribution in [3.8, 4) is 0 Å². The smallest absolute Gasteiger partial charge is 0.271 e. The number of rotatable bonds is 6. The van der Waals surface area contributed by atoms with Crippen molar-refractivity contribution < 1.29 is 26.4 Å². The van der Waals surface area contributed by atoms with Crippen LogP contribution in [-0.2, 0) is 21.0 Å². The van der Waals surface area contributed by atoms with Crippen molar-refractivity contribution in [1.29, 1.82) is 0 Å².